The summed E-state index contributed by atoms with van der Waals surface area (Å²) in [4.78, 5) is 13.8. The number of halogens is 1. The molecule has 2 aliphatic rings. The third-order valence-corrected chi connectivity index (χ3v) is 8.14. The van der Waals surface area contributed by atoms with E-state index in [4.69, 9.17) is 17.4 Å². The Morgan fingerprint density at radius 3 is 2.64 bits per heavy atom. The van der Waals surface area contributed by atoms with E-state index >= 15 is 0 Å². The van der Waals surface area contributed by atoms with E-state index in [1.807, 2.05) is 24.3 Å². The maximum absolute atomic E-state index is 12.5. The summed E-state index contributed by atoms with van der Waals surface area (Å²) in [6.07, 6.45) is 26.4. The number of allylic oxidation sites excluding steroid dienone is 14. The lowest BCUT2D eigenvalue weighted by molar-refractivity contribution is -0.120. The van der Waals surface area contributed by atoms with Gasteiger partial charge in [0.1, 0.15) is 0 Å². The second kappa shape index (κ2) is 17.2. The standard InChI is InChI=1S/C32H45ClN4OS/c1-6-27(17-19-30(7-2)39-37-32(4,5)21-20-24(3)36-34)28-12-8-11-26(14-16-28)23-35-31(38)22-25-10-9-13-29(33)18-15-25/h8,10-15,17-19,36-37H,3,6-7,9,16,20-23,34H2,1-2,4-5H3,(H,35,38)/b27-17+,30-19+. The minimum atomic E-state index is -0.0461. The van der Waals surface area contributed by atoms with Gasteiger partial charge in [0.05, 0.1) is 6.42 Å². The molecule has 212 valence electrons. The summed E-state index contributed by atoms with van der Waals surface area (Å²) < 4.78 is 3.60. The molecule has 0 saturated heterocycles. The maximum Gasteiger partial charge on any atom is 0.224 e. The van der Waals surface area contributed by atoms with Gasteiger partial charge >= 0.3 is 0 Å². The molecule has 0 aromatic rings. The Balaban J connectivity index is 1.92. The van der Waals surface area contributed by atoms with Crippen molar-refractivity contribution in [3.8, 4) is 0 Å². The van der Waals surface area contributed by atoms with Crippen LogP contribution in [0.2, 0.25) is 0 Å². The third kappa shape index (κ3) is 12.9. The highest BCUT2D eigenvalue weighted by Crippen LogP contribution is 2.26. The summed E-state index contributed by atoms with van der Waals surface area (Å²) in [7, 11) is 0. The lowest BCUT2D eigenvalue weighted by atomic mass is 9.99. The topological polar surface area (TPSA) is 79.2 Å². The van der Waals surface area contributed by atoms with E-state index < -0.39 is 0 Å². The summed E-state index contributed by atoms with van der Waals surface area (Å²) in [5, 5.41) is 3.76. The highest BCUT2D eigenvalue weighted by atomic mass is 35.5. The molecule has 0 saturated carbocycles. The monoisotopic (exact) mass is 568 g/mol. The first-order valence-electron chi connectivity index (χ1n) is 13.7. The molecule has 0 fully saturated rings. The first kappa shape index (κ1) is 32.7. The van der Waals surface area contributed by atoms with E-state index in [2.05, 4.69) is 86.2 Å². The van der Waals surface area contributed by atoms with Crippen LogP contribution >= 0.6 is 23.5 Å². The van der Waals surface area contributed by atoms with Gasteiger partial charge in [-0.2, -0.15) is 0 Å². The van der Waals surface area contributed by atoms with Gasteiger partial charge in [-0.3, -0.25) is 15.4 Å². The predicted molar refractivity (Wildman–Crippen MR) is 171 cm³/mol. The van der Waals surface area contributed by atoms with Gasteiger partial charge in [0.2, 0.25) is 5.91 Å². The van der Waals surface area contributed by atoms with Crippen LogP contribution in [-0.4, -0.2) is 18.0 Å². The Morgan fingerprint density at radius 2 is 1.92 bits per heavy atom. The molecule has 1 amide bonds. The van der Waals surface area contributed by atoms with Crippen LogP contribution in [0.5, 0.6) is 0 Å². The normalized spacial score (nSPS) is 16.5. The number of nitrogens with one attached hydrogen (secondary N) is 3. The quantitative estimate of drug-likeness (QED) is 0.0704. The first-order chi connectivity index (χ1) is 18.7. The molecule has 0 atom stereocenters. The van der Waals surface area contributed by atoms with Crippen molar-refractivity contribution in [2.75, 3.05) is 6.54 Å². The molecule has 0 aromatic carbocycles. The van der Waals surface area contributed by atoms with Crippen LogP contribution in [0.25, 0.3) is 0 Å². The SMILES string of the molecule is C=C(CCC(C)(C)NS/C(=C/C=C(\CC)C1=CC=CC(CNC(=O)CC2=CCC=C(Cl)C=C2)=CC1)CC)NN. The fourth-order valence-electron chi connectivity index (χ4n) is 3.92. The fourth-order valence-corrected chi connectivity index (χ4v) is 4.86. The number of hydrogen-bond donors (Lipinski definition) is 4. The van der Waals surface area contributed by atoms with Crippen LogP contribution in [0, 0.1) is 0 Å². The van der Waals surface area contributed by atoms with Gasteiger partial charge in [0.25, 0.3) is 0 Å². The summed E-state index contributed by atoms with van der Waals surface area (Å²) in [5.41, 5.74) is 8.14. The van der Waals surface area contributed by atoms with Crippen LogP contribution in [0.3, 0.4) is 0 Å². The van der Waals surface area contributed by atoms with Crippen molar-refractivity contribution in [3.05, 3.63) is 105 Å². The number of hydrazine groups is 1. The van der Waals surface area contributed by atoms with Crippen LogP contribution in [0.15, 0.2) is 105 Å². The van der Waals surface area contributed by atoms with Crippen LogP contribution in [0.4, 0.5) is 0 Å². The Bertz CT molecular complexity index is 1120. The van der Waals surface area contributed by atoms with Gasteiger partial charge in [-0.25, -0.2) is 0 Å². The molecule has 0 unspecified atom stereocenters. The highest BCUT2D eigenvalue weighted by molar-refractivity contribution is 8.01. The Morgan fingerprint density at radius 1 is 1.13 bits per heavy atom. The lowest BCUT2D eigenvalue weighted by Crippen LogP contribution is -2.35. The molecule has 7 heteroatoms. The number of carbonyl (C=O) groups excluding carboxylic acids is 1. The van der Waals surface area contributed by atoms with Gasteiger partial charge in [-0.15, -0.1) is 0 Å². The van der Waals surface area contributed by atoms with Crippen molar-refractivity contribution in [2.45, 2.75) is 78.2 Å². The Labute approximate surface area is 245 Å². The number of hydrogen-bond acceptors (Lipinski definition) is 5. The number of nitrogens with two attached hydrogens (primary N) is 1. The second-order valence-corrected chi connectivity index (χ2v) is 11.7. The molecular weight excluding hydrogens is 524 g/mol. The predicted octanol–water partition coefficient (Wildman–Crippen LogP) is 7.72. The molecule has 2 aliphatic carbocycles. The van der Waals surface area contributed by atoms with Crippen molar-refractivity contribution in [3.63, 3.8) is 0 Å². The second-order valence-electron chi connectivity index (χ2n) is 10.3. The molecule has 5 nitrogen and oxygen atoms in total. The van der Waals surface area contributed by atoms with Crippen molar-refractivity contribution in [1.29, 1.82) is 0 Å². The van der Waals surface area contributed by atoms with Crippen molar-refractivity contribution >= 4 is 29.5 Å². The molecule has 0 aromatic heterocycles. The van der Waals surface area contributed by atoms with E-state index in [0.29, 0.717) is 18.0 Å². The van der Waals surface area contributed by atoms with Gasteiger partial charge in [-0.1, -0.05) is 86.7 Å². The number of rotatable bonds is 15. The molecule has 39 heavy (non-hydrogen) atoms. The minimum Gasteiger partial charge on any atom is -0.352 e. The highest BCUT2D eigenvalue weighted by Gasteiger charge is 2.18. The molecule has 0 heterocycles. The van der Waals surface area contributed by atoms with Crippen molar-refractivity contribution in [2.24, 2.45) is 5.84 Å². The number of carbonyl (C=O) groups is 1. The van der Waals surface area contributed by atoms with Gasteiger partial charge in [-0.05, 0) is 92.7 Å². The average molecular weight is 569 g/mol. The van der Waals surface area contributed by atoms with E-state index in [1.165, 1.54) is 16.1 Å². The third-order valence-electron chi connectivity index (χ3n) is 6.52. The number of amides is 1. The minimum absolute atomic E-state index is 0.0114. The van der Waals surface area contributed by atoms with Crippen LogP contribution < -0.4 is 21.3 Å². The molecular formula is C32H45ClN4OS. The zero-order valence-electron chi connectivity index (χ0n) is 23.9. The van der Waals surface area contributed by atoms with Crippen molar-refractivity contribution < 1.29 is 4.79 Å². The van der Waals surface area contributed by atoms with Gasteiger partial charge in [0.15, 0.2) is 0 Å². The van der Waals surface area contributed by atoms with E-state index in [-0.39, 0.29) is 11.4 Å². The molecule has 0 bridgehead atoms. The van der Waals surface area contributed by atoms with Crippen molar-refractivity contribution in [1.82, 2.24) is 15.5 Å². The maximum atomic E-state index is 12.5. The molecule has 0 aliphatic heterocycles. The lowest BCUT2D eigenvalue weighted by Gasteiger charge is -2.26. The molecule has 5 N–H and O–H groups in total. The smallest absolute Gasteiger partial charge is 0.224 e. The Hall–Kier alpha value is -2.51. The van der Waals surface area contributed by atoms with Crippen LogP contribution in [0.1, 0.15) is 72.6 Å². The fraction of sp³-hybridized carbons (Fsp3) is 0.406. The largest absolute Gasteiger partial charge is 0.352 e. The molecule has 0 spiro atoms. The van der Waals surface area contributed by atoms with Gasteiger partial charge < -0.3 is 10.7 Å². The average Bonchev–Trinajstić information content (AvgIpc) is 3.28. The van der Waals surface area contributed by atoms with E-state index in [1.54, 1.807) is 11.9 Å². The zero-order valence-corrected chi connectivity index (χ0v) is 25.5. The molecule has 2 rings (SSSR count). The summed E-state index contributed by atoms with van der Waals surface area (Å²) in [5.74, 6) is 5.45. The van der Waals surface area contributed by atoms with E-state index in [0.717, 1.165) is 55.4 Å². The Kier molecular flexibility index (Phi) is 14.5. The van der Waals surface area contributed by atoms with E-state index in [9.17, 15) is 4.79 Å². The summed E-state index contributed by atoms with van der Waals surface area (Å²) in [6, 6.07) is 0. The van der Waals surface area contributed by atoms with Crippen LogP contribution in [-0.2, 0) is 4.79 Å². The summed E-state index contributed by atoms with van der Waals surface area (Å²) >= 11 is 7.74. The first-order valence-corrected chi connectivity index (χ1v) is 14.9. The zero-order chi connectivity index (χ0) is 28.7. The van der Waals surface area contributed by atoms with Gasteiger partial charge in [0, 0.05) is 27.7 Å². The summed E-state index contributed by atoms with van der Waals surface area (Å²) in [6.45, 7) is 13.2. The molecule has 0 radical (unpaired) electrons.